The lowest BCUT2D eigenvalue weighted by molar-refractivity contribution is -0.157. The Bertz CT molecular complexity index is 807. The van der Waals surface area contributed by atoms with E-state index in [1.165, 1.54) is 0 Å². The van der Waals surface area contributed by atoms with E-state index in [4.69, 9.17) is 16.3 Å². The molecule has 2 atom stereocenters. The molecule has 0 spiro atoms. The van der Waals surface area contributed by atoms with Crippen molar-refractivity contribution < 1.29 is 18.3 Å². The van der Waals surface area contributed by atoms with Gasteiger partial charge in [0.25, 0.3) is 5.92 Å². The summed E-state index contributed by atoms with van der Waals surface area (Å²) in [5, 5.41) is 3.32. The van der Waals surface area contributed by atoms with Crippen LogP contribution in [0, 0.1) is 0 Å². The van der Waals surface area contributed by atoms with E-state index in [-0.39, 0.29) is 24.9 Å². The number of amides is 1. The van der Waals surface area contributed by atoms with Gasteiger partial charge in [-0.15, -0.1) is 0 Å². The molecule has 1 heterocycles. The fourth-order valence-corrected chi connectivity index (χ4v) is 5.56. The fraction of sp³-hybridized carbons (Fsp3) is 0.720. The molecule has 2 aliphatic carbocycles. The zero-order chi connectivity index (χ0) is 22.9. The van der Waals surface area contributed by atoms with Crippen LogP contribution in [0.3, 0.4) is 0 Å². The maximum absolute atomic E-state index is 14.9. The number of hydrogen-bond acceptors (Lipinski definition) is 3. The third kappa shape index (κ3) is 5.63. The lowest BCUT2D eigenvalue weighted by Crippen LogP contribution is -2.58. The van der Waals surface area contributed by atoms with E-state index in [9.17, 15) is 13.6 Å². The molecule has 2 saturated carbocycles. The number of halogens is 3. The van der Waals surface area contributed by atoms with E-state index in [1.54, 1.807) is 0 Å². The summed E-state index contributed by atoms with van der Waals surface area (Å²) in [7, 11) is 0. The third-order valence-corrected chi connectivity index (χ3v) is 7.53. The number of nitrogens with zero attached hydrogens (tertiary/aromatic N) is 1. The average molecular weight is 469 g/mol. The summed E-state index contributed by atoms with van der Waals surface area (Å²) in [6, 6.07) is 4.74. The Labute approximate surface area is 195 Å². The zero-order valence-corrected chi connectivity index (χ0v) is 19.8. The van der Waals surface area contributed by atoms with Gasteiger partial charge in [0.15, 0.2) is 0 Å². The van der Waals surface area contributed by atoms with Crippen molar-refractivity contribution in [3.05, 3.63) is 34.3 Å². The first-order chi connectivity index (χ1) is 15.2. The highest BCUT2D eigenvalue weighted by Crippen LogP contribution is 2.45. The topological polar surface area (TPSA) is 41.6 Å². The Morgan fingerprint density at radius 3 is 2.59 bits per heavy atom. The van der Waals surface area contributed by atoms with Gasteiger partial charge in [-0.25, -0.2) is 8.78 Å². The molecule has 1 saturated heterocycles. The highest BCUT2D eigenvalue weighted by Gasteiger charge is 2.49. The summed E-state index contributed by atoms with van der Waals surface area (Å²) < 4.78 is 36.0. The first kappa shape index (κ1) is 23.9. The maximum atomic E-state index is 14.9. The molecule has 0 radical (unpaired) electrons. The van der Waals surface area contributed by atoms with Crippen LogP contribution in [0.4, 0.5) is 8.78 Å². The van der Waals surface area contributed by atoms with Crippen molar-refractivity contribution in [2.24, 2.45) is 0 Å². The SMILES string of the molecule is CC(C)N1CCC(O[C@H]2CCCC(F)(F)[C@@H]2NC(=O)Cc2cccc(Cl)c2C2CC2)CC1. The quantitative estimate of drug-likeness (QED) is 0.588. The predicted molar refractivity (Wildman–Crippen MR) is 122 cm³/mol. The number of carbonyl (C=O) groups excluding carboxylic acids is 1. The summed E-state index contributed by atoms with van der Waals surface area (Å²) in [4.78, 5) is 15.3. The van der Waals surface area contributed by atoms with E-state index in [1.807, 2.05) is 18.2 Å². The van der Waals surface area contributed by atoms with Gasteiger partial charge in [-0.1, -0.05) is 23.7 Å². The zero-order valence-electron chi connectivity index (χ0n) is 19.1. The van der Waals surface area contributed by atoms with Gasteiger partial charge in [0.2, 0.25) is 5.91 Å². The minimum Gasteiger partial charge on any atom is -0.373 e. The lowest BCUT2D eigenvalue weighted by Gasteiger charge is -2.42. The number of rotatable bonds is 7. The molecular formula is C25H35ClF2N2O2. The van der Waals surface area contributed by atoms with Crippen LogP contribution in [0.15, 0.2) is 18.2 Å². The minimum atomic E-state index is -2.97. The summed E-state index contributed by atoms with van der Waals surface area (Å²) in [5.41, 5.74) is 1.85. The van der Waals surface area contributed by atoms with Gasteiger partial charge in [-0.2, -0.15) is 0 Å². The average Bonchev–Trinajstić information content (AvgIpc) is 3.56. The molecule has 0 bridgehead atoms. The van der Waals surface area contributed by atoms with Crippen LogP contribution < -0.4 is 5.32 Å². The lowest BCUT2D eigenvalue weighted by atomic mass is 9.88. The van der Waals surface area contributed by atoms with Crippen molar-refractivity contribution in [2.45, 2.75) is 101 Å². The Morgan fingerprint density at radius 1 is 1.22 bits per heavy atom. The summed E-state index contributed by atoms with van der Waals surface area (Å²) in [5.74, 6) is -2.97. The number of benzene rings is 1. The van der Waals surface area contributed by atoms with Gasteiger partial charge in [0, 0.05) is 30.6 Å². The van der Waals surface area contributed by atoms with Crippen molar-refractivity contribution in [2.75, 3.05) is 13.1 Å². The van der Waals surface area contributed by atoms with E-state index < -0.39 is 18.1 Å². The molecule has 1 aromatic carbocycles. The second-order valence-corrected chi connectivity index (χ2v) is 10.4. The third-order valence-electron chi connectivity index (χ3n) is 7.20. The molecule has 4 rings (SSSR count). The van der Waals surface area contributed by atoms with Crippen LogP contribution in [0.25, 0.3) is 0 Å². The summed E-state index contributed by atoms with van der Waals surface area (Å²) in [6.07, 6.45) is 3.94. The molecule has 0 unspecified atom stereocenters. The molecule has 1 aromatic rings. The number of hydrogen-bond donors (Lipinski definition) is 1. The first-order valence-corrected chi connectivity index (χ1v) is 12.5. The molecule has 178 valence electrons. The normalized spacial score (nSPS) is 26.9. The van der Waals surface area contributed by atoms with Gasteiger partial charge in [0.1, 0.15) is 6.04 Å². The molecule has 3 fully saturated rings. The second-order valence-electron chi connectivity index (χ2n) is 9.97. The van der Waals surface area contributed by atoms with E-state index >= 15 is 0 Å². The second kappa shape index (κ2) is 9.94. The fourth-order valence-electron chi connectivity index (χ4n) is 5.22. The van der Waals surface area contributed by atoms with E-state index in [0.29, 0.717) is 29.8 Å². The number of alkyl halides is 2. The minimum absolute atomic E-state index is 0.0299. The van der Waals surface area contributed by atoms with Crippen molar-refractivity contribution in [1.29, 1.82) is 0 Å². The molecule has 7 heteroatoms. The van der Waals surface area contributed by atoms with Gasteiger partial charge in [-0.3, -0.25) is 4.79 Å². The largest absolute Gasteiger partial charge is 0.373 e. The van der Waals surface area contributed by atoms with Gasteiger partial charge < -0.3 is 15.0 Å². The molecule has 1 aliphatic heterocycles. The van der Waals surface area contributed by atoms with Crippen LogP contribution in [0.5, 0.6) is 0 Å². The number of carbonyl (C=O) groups is 1. The van der Waals surface area contributed by atoms with Crippen LogP contribution in [-0.4, -0.2) is 54.1 Å². The summed E-state index contributed by atoms with van der Waals surface area (Å²) >= 11 is 6.37. The Hall–Kier alpha value is -1.24. The molecule has 3 aliphatic rings. The van der Waals surface area contributed by atoms with Crippen molar-refractivity contribution in [3.8, 4) is 0 Å². The standard InChI is InChI=1S/C25H35ClF2N2O2/c1-16(2)30-13-10-19(11-14-30)32-21-7-4-12-25(27,28)24(21)29-22(31)15-18-5-3-6-20(26)23(18)17-8-9-17/h3,5-6,16-17,19,21,24H,4,7-15H2,1-2H3,(H,29,31)/t21-,24+/m0/s1. The van der Waals surface area contributed by atoms with E-state index in [2.05, 4.69) is 24.1 Å². The number of piperidine rings is 1. The van der Waals surface area contributed by atoms with Crippen molar-refractivity contribution in [1.82, 2.24) is 10.2 Å². The first-order valence-electron chi connectivity index (χ1n) is 12.1. The van der Waals surface area contributed by atoms with Gasteiger partial charge in [-0.05, 0) is 75.5 Å². The molecule has 1 amide bonds. The van der Waals surface area contributed by atoms with E-state index in [0.717, 1.165) is 49.9 Å². The molecule has 1 N–H and O–H groups in total. The Morgan fingerprint density at radius 2 is 1.94 bits per heavy atom. The smallest absolute Gasteiger partial charge is 0.270 e. The molecule has 4 nitrogen and oxygen atoms in total. The van der Waals surface area contributed by atoms with Crippen molar-refractivity contribution in [3.63, 3.8) is 0 Å². The highest BCUT2D eigenvalue weighted by atomic mass is 35.5. The maximum Gasteiger partial charge on any atom is 0.270 e. The van der Waals surface area contributed by atoms with Crippen LogP contribution in [0.1, 0.15) is 75.8 Å². The van der Waals surface area contributed by atoms with Crippen LogP contribution in [0.2, 0.25) is 5.02 Å². The number of likely N-dealkylation sites (tertiary alicyclic amines) is 1. The summed E-state index contributed by atoms with van der Waals surface area (Å²) in [6.45, 7) is 6.17. The van der Waals surface area contributed by atoms with Gasteiger partial charge >= 0.3 is 0 Å². The highest BCUT2D eigenvalue weighted by molar-refractivity contribution is 6.31. The molecular weight excluding hydrogens is 434 g/mol. The van der Waals surface area contributed by atoms with Crippen LogP contribution in [-0.2, 0) is 16.0 Å². The van der Waals surface area contributed by atoms with Crippen molar-refractivity contribution >= 4 is 17.5 Å². The molecule has 32 heavy (non-hydrogen) atoms. The number of nitrogens with one attached hydrogen (secondary N) is 1. The van der Waals surface area contributed by atoms with Crippen LogP contribution >= 0.6 is 11.6 Å². The Kier molecular flexibility index (Phi) is 7.43. The number of ether oxygens (including phenoxy) is 1. The van der Waals surface area contributed by atoms with Gasteiger partial charge in [0.05, 0.1) is 18.6 Å². The monoisotopic (exact) mass is 468 g/mol. The predicted octanol–water partition coefficient (Wildman–Crippen LogP) is 5.32. The Balaban J connectivity index is 1.40. The molecule has 0 aromatic heterocycles.